The van der Waals surface area contributed by atoms with Gasteiger partial charge in [-0.25, -0.2) is 18.7 Å². The fourth-order valence-electron chi connectivity index (χ4n) is 1.25. The van der Waals surface area contributed by atoms with Crippen molar-refractivity contribution in [1.29, 1.82) is 0 Å². The summed E-state index contributed by atoms with van der Waals surface area (Å²) in [5, 5.41) is 3.31. The first-order valence-electron chi connectivity index (χ1n) is 4.79. The van der Waals surface area contributed by atoms with Gasteiger partial charge >= 0.3 is 0 Å². The summed E-state index contributed by atoms with van der Waals surface area (Å²) < 4.78 is 24.8. The molecule has 0 saturated heterocycles. The van der Waals surface area contributed by atoms with Crippen molar-refractivity contribution in [2.24, 2.45) is 0 Å². The van der Waals surface area contributed by atoms with Crippen LogP contribution in [0.2, 0.25) is 5.02 Å². The Balaban J connectivity index is 2.21. The second-order valence-corrected chi connectivity index (χ2v) is 3.67. The van der Waals surface area contributed by atoms with E-state index in [0.29, 0.717) is 16.7 Å². The van der Waals surface area contributed by atoms with Crippen molar-refractivity contribution in [3.8, 4) is 0 Å². The van der Waals surface area contributed by atoms with E-state index in [0.717, 1.165) is 0 Å². The molecule has 0 aliphatic carbocycles. The zero-order valence-corrected chi connectivity index (χ0v) is 9.33. The van der Waals surface area contributed by atoms with Crippen LogP contribution in [-0.2, 0) is 0 Å². The van der Waals surface area contributed by atoms with E-state index in [4.69, 9.17) is 11.6 Å². The smallest absolute Gasteiger partial charge is 0.280 e. The molecule has 1 N–H and O–H groups in total. The van der Waals surface area contributed by atoms with Crippen LogP contribution in [0, 0.1) is 0 Å². The van der Waals surface area contributed by atoms with Crippen LogP contribution in [-0.4, -0.2) is 9.97 Å². The third-order valence-electron chi connectivity index (χ3n) is 1.97. The Bertz CT molecular complexity index is 520. The third-order valence-corrected chi connectivity index (χ3v) is 2.21. The minimum atomic E-state index is -2.59. The molecule has 0 aliphatic rings. The Kier molecular flexibility index (Phi) is 3.49. The van der Waals surface area contributed by atoms with Gasteiger partial charge in [-0.05, 0) is 24.3 Å². The van der Waals surface area contributed by atoms with Crippen LogP contribution < -0.4 is 5.32 Å². The fraction of sp³-hybridized carbons (Fsp3) is 0.0909. The first kappa shape index (κ1) is 11.7. The van der Waals surface area contributed by atoms with Crippen LogP contribution in [0.5, 0.6) is 0 Å². The van der Waals surface area contributed by atoms with E-state index in [1.807, 2.05) is 0 Å². The zero-order valence-electron chi connectivity index (χ0n) is 8.57. The fourth-order valence-corrected chi connectivity index (χ4v) is 1.41. The lowest BCUT2D eigenvalue weighted by molar-refractivity contribution is 0.146. The Morgan fingerprint density at radius 1 is 1.18 bits per heavy atom. The highest BCUT2D eigenvalue weighted by molar-refractivity contribution is 6.30. The molecule has 0 amide bonds. The number of hydrogen-bond donors (Lipinski definition) is 1. The lowest BCUT2D eigenvalue weighted by atomic mass is 10.3. The lowest BCUT2D eigenvalue weighted by Gasteiger charge is -2.06. The maximum Gasteiger partial charge on any atom is 0.280 e. The maximum absolute atomic E-state index is 12.4. The molecular formula is C11H8ClF2N3. The van der Waals surface area contributed by atoms with Gasteiger partial charge in [-0.15, -0.1) is 0 Å². The van der Waals surface area contributed by atoms with Crippen LogP contribution in [0.1, 0.15) is 12.1 Å². The van der Waals surface area contributed by atoms with Crippen LogP contribution in [0.4, 0.5) is 20.4 Å². The molecule has 2 aromatic heterocycles. The topological polar surface area (TPSA) is 37.8 Å². The first-order chi connectivity index (χ1) is 8.15. The molecule has 0 saturated carbocycles. The molecule has 0 fully saturated rings. The summed E-state index contributed by atoms with van der Waals surface area (Å²) in [4.78, 5) is 7.74. The van der Waals surface area contributed by atoms with Gasteiger partial charge in [-0.2, -0.15) is 0 Å². The summed E-state index contributed by atoms with van der Waals surface area (Å²) in [5.74, 6) is 0.758. The highest BCUT2D eigenvalue weighted by Crippen LogP contribution is 2.20. The SMILES string of the molecule is FC(F)c1cccc(Nc2cc(Cl)ccn2)n1. The molecular weight excluding hydrogens is 248 g/mol. The Labute approximate surface area is 101 Å². The molecule has 0 spiro atoms. The van der Waals surface area contributed by atoms with E-state index in [9.17, 15) is 8.78 Å². The molecule has 0 aromatic carbocycles. The van der Waals surface area contributed by atoms with Gasteiger partial charge in [0.2, 0.25) is 0 Å². The molecule has 17 heavy (non-hydrogen) atoms. The Morgan fingerprint density at radius 2 is 2.00 bits per heavy atom. The van der Waals surface area contributed by atoms with Gasteiger partial charge in [0, 0.05) is 11.2 Å². The van der Waals surface area contributed by atoms with Crippen LogP contribution in [0.15, 0.2) is 36.5 Å². The van der Waals surface area contributed by atoms with Gasteiger partial charge in [0.25, 0.3) is 6.43 Å². The van der Waals surface area contributed by atoms with Gasteiger partial charge < -0.3 is 5.32 Å². The summed E-state index contributed by atoms with van der Waals surface area (Å²) in [6, 6.07) is 7.55. The molecule has 88 valence electrons. The normalized spacial score (nSPS) is 10.6. The zero-order chi connectivity index (χ0) is 12.3. The number of rotatable bonds is 3. The minimum Gasteiger partial charge on any atom is -0.325 e. The number of nitrogens with one attached hydrogen (secondary N) is 1. The molecule has 0 atom stereocenters. The van der Waals surface area contributed by atoms with Crippen molar-refractivity contribution in [3.05, 3.63) is 47.2 Å². The number of anilines is 2. The summed E-state index contributed by atoms with van der Waals surface area (Å²) in [5.41, 5.74) is -0.281. The minimum absolute atomic E-state index is 0.281. The van der Waals surface area contributed by atoms with Crippen LogP contribution in [0.3, 0.4) is 0 Å². The standard InChI is InChI=1S/C11H8ClF2N3/c12-7-4-5-15-10(6-7)17-9-3-1-2-8(16-9)11(13)14/h1-6,11H,(H,15,16,17). The number of alkyl halides is 2. The van der Waals surface area contributed by atoms with Gasteiger partial charge in [-0.1, -0.05) is 17.7 Å². The summed E-state index contributed by atoms with van der Waals surface area (Å²) in [7, 11) is 0. The lowest BCUT2D eigenvalue weighted by Crippen LogP contribution is -1.98. The number of aromatic nitrogens is 2. The second kappa shape index (κ2) is 5.05. The largest absolute Gasteiger partial charge is 0.325 e. The Hall–Kier alpha value is -1.75. The average Bonchev–Trinajstić information content (AvgIpc) is 2.29. The molecule has 0 bridgehead atoms. The predicted octanol–water partition coefficient (Wildman–Crippen LogP) is 3.81. The monoisotopic (exact) mass is 255 g/mol. The molecule has 6 heteroatoms. The molecule has 0 aliphatic heterocycles. The molecule has 2 heterocycles. The average molecular weight is 256 g/mol. The van der Waals surface area contributed by atoms with Gasteiger partial charge in [-0.3, -0.25) is 0 Å². The first-order valence-corrected chi connectivity index (χ1v) is 5.16. The molecule has 0 radical (unpaired) electrons. The third kappa shape index (κ3) is 3.10. The summed E-state index contributed by atoms with van der Waals surface area (Å²) >= 11 is 5.77. The molecule has 0 unspecified atom stereocenters. The predicted molar refractivity (Wildman–Crippen MR) is 61.7 cm³/mol. The maximum atomic E-state index is 12.4. The van der Waals surface area contributed by atoms with Crippen molar-refractivity contribution in [2.75, 3.05) is 5.32 Å². The van der Waals surface area contributed by atoms with E-state index < -0.39 is 6.43 Å². The Morgan fingerprint density at radius 3 is 2.71 bits per heavy atom. The van der Waals surface area contributed by atoms with E-state index in [1.165, 1.54) is 18.3 Å². The summed E-state index contributed by atoms with van der Waals surface area (Å²) in [6.07, 6.45) is -1.08. The van der Waals surface area contributed by atoms with Crippen LogP contribution in [0.25, 0.3) is 0 Å². The highest BCUT2D eigenvalue weighted by Gasteiger charge is 2.09. The van der Waals surface area contributed by atoms with Crippen molar-refractivity contribution in [2.45, 2.75) is 6.43 Å². The molecule has 2 rings (SSSR count). The highest BCUT2D eigenvalue weighted by atomic mass is 35.5. The van der Waals surface area contributed by atoms with E-state index in [-0.39, 0.29) is 5.69 Å². The molecule has 2 aromatic rings. The van der Waals surface area contributed by atoms with Gasteiger partial charge in [0.1, 0.15) is 17.3 Å². The second-order valence-electron chi connectivity index (χ2n) is 3.23. The van der Waals surface area contributed by atoms with Gasteiger partial charge in [0.15, 0.2) is 0 Å². The molecule has 3 nitrogen and oxygen atoms in total. The van der Waals surface area contributed by atoms with Crippen molar-refractivity contribution in [3.63, 3.8) is 0 Å². The number of halogens is 3. The summed E-state index contributed by atoms with van der Waals surface area (Å²) in [6.45, 7) is 0. The number of nitrogens with zero attached hydrogens (tertiary/aromatic N) is 2. The van der Waals surface area contributed by atoms with E-state index in [1.54, 1.807) is 18.2 Å². The number of hydrogen-bond acceptors (Lipinski definition) is 3. The van der Waals surface area contributed by atoms with Crippen molar-refractivity contribution in [1.82, 2.24) is 9.97 Å². The van der Waals surface area contributed by atoms with Crippen molar-refractivity contribution >= 4 is 23.2 Å². The van der Waals surface area contributed by atoms with E-state index in [2.05, 4.69) is 15.3 Å². The van der Waals surface area contributed by atoms with Crippen molar-refractivity contribution < 1.29 is 8.78 Å². The van der Waals surface area contributed by atoms with E-state index >= 15 is 0 Å². The quantitative estimate of drug-likeness (QED) is 0.906. The number of pyridine rings is 2. The van der Waals surface area contributed by atoms with Crippen LogP contribution >= 0.6 is 11.6 Å². The van der Waals surface area contributed by atoms with Gasteiger partial charge in [0.05, 0.1) is 0 Å².